The number of aryl methyl sites for hydroxylation is 1. The third kappa shape index (κ3) is 3.45. The number of rotatable bonds is 3. The standard InChI is InChI=1S/C12H17F3N2S/c1-8-17-9(7-18-8)6-16-11-5-3-2-4-10(11)12(13,14)15/h7,10-11,16H,2-6H2,1H3. The summed E-state index contributed by atoms with van der Waals surface area (Å²) in [5.41, 5.74) is 0.837. The number of aromatic nitrogens is 1. The molecule has 1 aliphatic rings. The number of nitrogens with one attached hydrogen (secondary N) is 1. The monoisotopic (exact) mass is 278 g/mol. The van der Waals surface area contributed by atoms with E-state index in [1.807, 2.05) is 12.3 Å². The maximum absolute atomic E-state index is 12.9. The van der Waals surface area contributed by atoms with Crippen molar-refractivity contribution in [3.8, 4) is 0 Å². The lowest BCUT2D eigenvalue weighted by Crippen LogP contribution is -2.45. The molecule has 0 aliphatic heterocycles. The molecule has 1 N–H and O–H groups in total. The average Bonchev–Trinajstić information content (AvgIpc) is 2.72. The van der Waals surface area contributed by atoms with Gasteiger partial charge in [0.25, 0.3) is 0 Å². The smallest absolute Gasteiger partial charge is 0.308 e. The number of hydrogen-bond acceptors (Lipinski definition) is 3. The normalized spacial score (nSPS) is 25.3. The third-order valence-corrected chi connectivity index (χ3v) is 4.22. The van der Waals surface area contributed by atoms with E-state index in [-0.39, 0.29) is 6.42 Å². The summed E-state index contributed by atoms with van der Waals surface area (Å²) in [6.45, 7) is 2.33. The van der Waals surface area contributed by atoms with Crippen LogP contribution >= 0.6 is 11.3 Å². The van der Waals surface area contributed by atoms with Crippen LogP contribution in [0.15, 0.2) is 5.38 Å². The molecule has 0 radical (unpaired) electrons. The molecule has 1 aliphatic carbocycles. The molecule has 0 amide bonds. The Balaban J connectivity index is 1.93. The second-order valence-electron chi connectivity index (χ2n) is 4.78. The first-order valence-electron chi connectivity index (χ1n) is 6.18. The van der Waals surface area contributed by atoms with Gasteiger partial charge in [-0.05, 0) is 19.8 Å². The molecule has 0 spiro atoms. The van der Waals surface area contributed by atoms with Crippen molar-refractivity contribution in [3.05, 3.63) is 16.1 Å². The molecule has 0 aromatic carbocycles. The van der Waals surface area contributed by atoms with E-state index in [2.05, 4.69) is 10.3 Å². The van der Waals surface area contributed by atoms with Gasteiger partial charge in [0.15, 0.2) is 0 Å². The van der Waals surface area contributed by atoms with Gasteiger partial charge in [-0.25, -0.2) is 4.98 Å². The van der Waals surface area contributed by atoms with Gasteiger partial charge in [-0.3, -0.25) is 0 Å². The van der Waals surface area contributed by atoms with Crippen molar-refractivity contribution in [1.82, 2.24) is 10.3 Å². The van der Waals surface area contributed by atoms with Gasteiger partial charge in [-0.1, -0.05) is 12.8 Å². The lowest BCUT2D eigenvalue weighted by atomic mass is 9.84. The second kappa shape index (κ2) is 5.57. The Kier molecular flexibility index (Phi) is 4.27. The Morgan fingerprint density at radius 1 is 1.39 bits per heavy atom. The molecule has 1 fully saturated rings. The molecule has 0 saturated heterocycles. The first-order chi connectivity index (χ1) is 8.47. The van der Waals surface area contributed by atoms with Crippen molar-refractivity contribution in [2.45, 2.75) is 51.4 Å². The molecule has 1 saturated carbocycles. The fraction of sp³-hybridized carbons (Fsp3) is 0.750. The van der Waals surface area contributed by atoms with Crippen LogP contribution in [0.3, 0.4) is 0 Å². The van der Waals surface area contributed by atoms with E-state index in [1.54, 1.807) is 0 Å². The van der Waals surface area contributed by atoms with Crippen LogP contribution in [0, 0.1) is 12.8 Å². The highest BCUT2D eigenvalue weighted by Gasteiger charge is 2.45. The minimum Gasteiger partial charge on any atom is -0.308 e. The molecule has 102 valence electrons. The van der Waals surface area contributed by atoms with E-state index >= 15 is 0 Å². The maximum Gasteiger partial charge on any atom is 0.393 e. The summed E-state index contributed by atoms with van der Waals surface area (Å²) in [6.07, 6.45) is -1.68. The molecule has 6 heteroatoms. The van der Waals surface area contributed by atoms with Crippen LogP contribution in [0.25, 0.3) is 0 Å². The minimum absolute atomic E-state index is 0.247. The van der Waals surface area contributed by atoms with E-state index in [4.69, 9.17) is 0 Å². The van der Waals surface area contributed by atoms with Gasteiger partial charge < -0.3 is 5.32 Å². The molecule has 2 nitrogen and oxygen atoms in total. The van der Waals surface area contributed by atoms with Gasteiger partial charge >= 0.3 is 6.18 Å². The maximum atomic E-state index is 12.9. The van der Waals surface area contributed by atoms with Crippen LogP contribution in [-0.2, 0) is 6.54 Å². The molecule has 2 rings (SSSR count). The van der Waals surface area contributed by atoms with Crippen LogP contribution in [0.2, 0.25) is 0 Å². The van der Waals surface area contributed by atoms with Gasteiger partial charge in [-0.2, -0.15) is 13.2 Å². The fourth-order valence-corrected chi connectivity index (χ4v) is 3.10. The molecule has 1 aromatic heterocycles. The van der Waals surface area contributed by atoms with Crippen LogP contribution in [0.5, 0.6) is 0 Å². The van der Waals surface area contributed by atoms with Crippen LogP contribution in [-0.4, -0.2) is 17.2 Å². The topological polar surface area (TPSA) is 24.9 Å². The van der Waals surface area contributed by atoms with E-state index in [9.17, 15) is 13.2 Å². The summed E-state index contributed by atoms with van der Waals surface area (Å²) in [6, 6.07) is -0.458. The molecular formula is C12H17F3N2S. The molecule has 0 bridgehead atoms. The zero-order chi connectivity index (χ0) is 13.2. The quantitative estimate of drug-likeness (QED) is 0.912. The Hall–Kier alpha value is -0.620. The lowest BCUT2D eigenvalue weighted by Gasteiger charge is -2.33. The first kappa shape index (κ1) is 13.8. The summed E-state index contributed by atoms with van der Waals surface area (Å²) in [4.78, 5) is 4.26. The molecule has 2 unspecified atom stereocenters. The Morgan fingerprint density at radius 3 is 2.72 bits per heavy atom. The van der Waals surface area contributed by atoms with Crippen molar-refractivity contribution in [1.29, 1.82) is 0 Å². The van der Waals surface area contributed by atoms with Crippen molar-refractivity contribution in [3.63, 3.8) is 0 Å². The SMILES string of the molecule is Cc1nc(CNC2CCCCC2C(F)(F)F)cs1. The highest BCUT2D eigenvalue weighted by atomic mass is 32.1. The van der Waals surface area contributed by atoms with Crippen molar-refractivity contribution >= 4 is 11.3 Å². The number of halogens is 3. The van der Waals surface area contributed by atoms with Crippen LogP contribution in [0.4, 0.5) is 13.2 Å². The molecule has 1 heterocycles. The van der Waals surface area contributed by atoms with Crippen molar-refractivity contribution in [2.75, 3.05) is 0 Å². The predicted octanol–water partition coefficient (Wildman–Crippen LogP) is 3.66. The largest absolute Gasteiger partial charge is 0.393 e. The number of thiazole rings is 1. The second-order valence-corrected chi connectivity index (χ2v) is 5.84. The van der Waals surface area contributed by atoms with Crippen LogP contribution < -0.4 is 5.32 Å². The summed E-state index contributed by atoms with van der Waals surface area (Å²) in [5.74, 6) is -1.20. The highest BCUT2D eigenvalue weighted by Crippen LogP contribution is 2.37. The van der Waals surface area contributed by atoms with E-state index in [0.29, 0.717) is 19.4 Å². The summed E-state index contributed by atoms with van der Waals surface area (Å²) in [7, 11) is 0. The Morgan fingerprint density at radius 2 is 2.11 bits per heavy atom. The van der Waals surface area contributed by atoms with Crippen LogP contribution in [0.1, 0.15) is 36.4 Å². The predicted molar refractivity (Wildman–Crippen MR) is 65.5 cm³/mol. The minimum atomic E-state index is -4.09. The van der Waals surface area contributed by atoms with E-state index in [1.165, 1.54) is 11.3 Å². The van der Waals surface area contributed by atoms with Gasteiger partial charge in [-0.15, -0.1) is 11.3 Å². The third-order valence-electron chi connectivity index (χ3n) is 3.40. The van der Waals surface area contributed by atoms with Gasteiger partial charge in [0.2, 0.25) is 0 Å². The molecule has 2 atom stereocenters. The van der Waals surface area contributed by atoms with Gasteiger partial charge in [0.05, 0.1) is 16.6 Å². The zero-order valence-corrected chi connectivity index (χ0v) is 11.1. The molecule has 1 aromatic rings. The van der Waals surface area contributed by atoms with E-state index < -0.39 is 18.1 Å². The Bertz CT molecular complexity index is 389. The summed E-state index contributed by atoms with van der Waals surface area (Å²) < 4.78 is 38.6. The van der Waals surface area contributed by atoms with Crippen molar-refractivity contribution < 1.29 is 13.2 Å². The van der Waals surface area contributed by atoms with Gasteiger partial charge in [0.1, 0.15) is 0 Å². The Labute approximate surface area is 109 Å². The first-order valence-corrected chi connectivity index (χ1v) is 7.06. The highest BCUT2D eigenvalue weighted by molar-refractivity contribution is 7.09. The molecular weight excluding hydrogens is 261 g/mol. The van der Waals surface area contributed by atoms with Gasteiger partial charge in [0, 0.05) is 18.0 Å². The fourth-order valence-electron chi connectivity index (χ4n) is 2.49. The number of nitrogens with zero attached hydrogens (tertiary/aromatic N) is 1. The lowest BCUT2D eigenvalue weighted by molar-refractivity contribution is -0.189. The number of hydrogen-bond donors (Lipinski definition) is 1. The summed E-state index contributed by atoms with van der Waals surface area (Å²) in [5, 5.41) is 5.88. The average molecular weight is 278 g/mol. The summed E-state index contributed by atoms with van der Waals surface area (Å²) >= 11 is 1.52. The van der Waals surface area contributed by atoms with Crippen molar-refractivity contribution in [2.24, 2.45) is 5.92 Å². The molecule has 18 heavy (non-hydrogen) atoms. The zero-order valence-electron chi connectivity index (χ0n) is 10.3. The van der Waals surface area contributed by atoms with E-state index in [0.717, 1.165) is 17.1 Å². The number of alkyl halides is 3.